The van der Waals surface area contributed by atoms with E-state index in [1.165, 1.54) is 20.3 Å². The van der Waals surface area contributed by atoms with Crippen molar-refractivity contribution < 1.29 is 32.4 Å². The lowest BCUT2D eigenvalue weighted by molar-refractivity contribution is -0.386. The molecule has 0 spiro atoms. The second kappa shape index (κ2) is 11.1. The summed E-state index contributed by atoms with van der Waals surface area (Å²) in [7, 11) is 5.02. The topological polar surface area (TPSA) is 98.5 Å². The van der Waals surface area contributed by atoms with E-state index in [0.717, 1.165) is 12.8 Å². The van der Waals surface area contributed by atoms with Crippen LogP contribution in [-0.4, -0.2) is 55.9 Å². The van der Waals surface area contributed by atoms with Crippen LogP contribution in [-0.2, 0) is 24.6 Å². The van der Waals surface area contributed by atoms with Gasteiger partial charge in [0.15, 0.2) is 0 Å². The van der Waals surface area contributed by atoms with Crippen LogP contribution in [0.15, 0.2) is 12.1 Å². The van der Waals surface area contributed by atoms with Gasteiger partial charge in [-0.25, -0.2) is 0 Å². The van der Waals surface area contributed by atoms with Crippen molar-refractivity contribution >= 4 is 14.5 Å². The zero-order valence-corrected chi connectivity index (χ0v) is 16.9. The number of hydrogen-bond acceptors (Lipinski definition) is 8. The minimum Gasteiger partial charge on any atom is -0.497 e. The summed E-state index contributed by atoms with van der Waals surface area (Å²) >= 11 is 0. The first-order valence-corrected chi connectivity index (χ1v) is 10.0. The molecule has 10 heteroatoms. The third-order valence-corrected chi connectivity index (χ3v) is 6.81. The first-order chi connectivity index (χ1) is 12.5. The van der Waals surface area contributed by atoms with Gasteiger partial charge in [0.2, 0.25) is 5.75 Å². The van der Waals surface area contributed by atoms with Gasteiger partial charge < -0.3 is 27.5 Å². The van der Waals surface area contributed by atoms with Gasteiger partial charge in [0, 0.05) is 40.0 Å². The molecule has 0 radical (unpaired) electrons. The number of rotatable bonds is 13. The molecule has 0 aliphatic carbocycles. The van der Waals surface area contributed by atoms with Gasteiger partial charge in [-0.3, -0.25) is 10.1 Å². The van der Waals surface area contributed by atoms with E-state index in [4.69, 9.17) is 27.5 Å². The zero-order valence-electron chi connectivity index (χ0n) is 15.9. The molecule has 26 heavy (non-hydrogen) atoms. The summed E-state index contributed by atoms with van der Waals surface area (Å²) in [5.41, 5.74) is 0.290. The molecule has 0 heterocycles. The Balaban J connectivity index is 2.61. The van der Waals surface area contributed by atoms with E-state index in [1.54, 1.807) is 27.4 Å². The highest BCUT2D eigenvalue weighted by molar-refractivity contribution is 6.60. The third kappa shape index (κ3) is 5.92. The van der Waals surface area contributed by atoms with Crippen molar-refractivity contribution in [1.82, 2.24) is 0 Å². The second-order valence-electron chi connectivity index (χ2n) is 5.40. The Bertz CT molecular complexity index is 571. The average molecular weight is 389 g/mol. The summed E-state index contributed by atoms with van der Waals surface area (Å²) in [6.07, 6.45) is 1.55. The molecule has 0 atom stereocenters. The third-order valence-electron chi connectivity index (χ3n) is 3.98. The standard InChI is InChI=1S/C16H27NO8Si/c1-20-14-10-13(16(17(18)19)15(11-14)21-2)12-25-8-6-7-9-26(22-3,23-4)24-5/h10-11H,6-9,12H2,1-5H3. The van der Waals surface area contributed by atoms with Crippen LogP contribution in [0.1, 0.15) is 18.4 Å². The highest BCUT2D eigenvalue weighted by Gasteiger charge is 2.36. The van der Waals surface area contributed by atoms with E-state index in [9.17, 15) is 10.1 Å². The van der Waals surface area contributed by atoms with E-state index in [0.29, 0.717) is 24.0 Å². The number of ether oxygens (including phenoxy) is 3. The zero-order chi connectivity index (χ0) is 19.6. The molecule has 0 bridgehead atoms. The van der Waals surface area contributed by atoms with Crippen LogP contribution in [0, 0.1) is 10.1 Å². The van der Waals surface area contributed by atoms with Crippen molar-refractivity contribution in [3.63, 3.8) is 0 Å². The fourth-order valence-electron chi connectivity index (χ4n) is 2.51. The number of nitro groups is 1. The van der Waals surface area contributed by atoms with E-state index < -0.39 is 13.7 Å². The first kappa shape index (κ1) is 22.3. The minimum absolute atomic E-state index is 0.0886. The molecule has 0 fully saturated rings. The van der Waals surface area contributed by atoms with Crippen molar-refractivity contribution in [2.75, 3.05) is 42.2 Å². The van der Waals surface area contributed by atoms with Crippen LogP contribution in [0.3, 0.4) is 0 Å². The average Bonchev–Trinajstić information content (AvgIpc) is 2.66. The van der Waals surface area contributed by atoms with Crippen LogP contribution >= 0.6 is 0 Å². The molecule has 0 aromatic heterocycles. The minimum atomic E-state index is -2.57. The number of nitro benzene ring substituents is 1. The predicted molar refractivity (Wildman–Crippen MR) is 96.7 cm³/mol. The van der Waals surface area contributed by atoms with Crippen molar-refractivity contribution in [2.24, 2.45) is 0 Å². The molecule has 1 rings (SSSR count). The van der Waals surface area contributed by atoms with Crippen LogP contribution in [0.25, 0.3) is 0 Å². The molecule has 0 saturated heterocycles. The summed E-state index contributed by atoms with van der Waals surface area (Å²) in [6, 6.07) is 3.73. The lowest BCUT2D eigenvalue weighted by Crippen LogP contribution is -2.42. The van der Waals surface area contributed by atoms with Gasteiger partial charge in [-0.1, -0.05) is 0 Å². The Morgan fingerprint density at radius 2 is 1.65 bits per heavy atom. The van der Waals surface area contributed by atoms with E-state index in [2.05, 4.69) is 0 Å². The molecule has 0 amide bonds. The molecule has 0 N–H and O–H groups in total. The van der Waals surface area contributed by atoms with Crippen LogP contribution in [0.2, 0.25) is 6.04 Å². The van der Waals surface area contributed by atoms with Crippen molar-refractivity contribution in [3.05, 3.63) is 27.8 Å². The lowest BCUT2D eigenvalue weighted by Gasteiger charge is -2.24. The Morgan fingerprint density at radius 3 is 2.15 bits per heavy atom. The molecule has 0 aliphatic heterocycles. The molecule has 1 aromatic carbocycles. The van der Waals surface area contributed by atoms with Crippen LogP contribution in [0.4, 0.5) is 5.69 Å². The highest BCUT2D eigenvalue weighted by Crippen LogP contribution is 2.35. The smallest absolute Gasteiger partial charge is 0.497 e. The van der Waals surface area contributed by atoms with Gasteiger partial charge in [0.1, 0.15) is 5.75 Å². The Labute approximate surface area is 154 Å². The molecule has 0 unspecified atom stereocenters. The van der Waals surface area contributed by atoms with Gasteiger partial charge in [-0.15, -0.1) is 0 Å². The molecular weight excluding hydrogens is 362 g/mol. The molecule has 148 valence electrons. The van der Waals surface area contributed by atoms with Crippen molar-refractivity contribution in [2.45, 2.75) is 25.5 Å². The van der Waals surface area contributed by atoms with Gasteiger partial charge in [0.25, 0.3) is 0 Å². The summed E-state index contributed by atoms with van der Waals surface area (Å²) in [6.45, 7) is 0.531. The van der Waals surface area contributed by atoms with Crippen LogP contribution < -0.4 is 9.47 Å². The highest BCUT2D eigenvalue weighted by atomic mass is 28.4. The second-order valence-corrected chi connectivity index (χ2v) is 8.49. The quantitative estimate of drug-likeness (QED) is 0.220. The monoisotopic (exact) mass is 389 g/mol. The van der Waals surface area contributed by atoms with Crippen LogP contribution in [0.5, 0.6) is 11.5 Å². The fourth-order valence-corrected chi connectivity index (χ4v) is 4.31. The van der Waals surface area contributed by atoms with Gasteiger partial charge >= 0.3 is 14.5 Å². The van der Waals surface area contributed by atoms with Gasteiger partial charge in [0.05, 0.1) is 31.3 Å². The Hall–Kier alpha value is -1.72. The maximum Gasteiger partial charge on any atom is 0.500 e. The summed E-state index contributed by atoms with van der Waals surface area (Å²) in [5, 5.41) is 11.3. The first-order valence-electron chi connectivity index (χ1n) is 8.09. The number of unbranched alkanes of at least 4 members (excludes halogenated alkanes) is 1. The van der Waals surface area contributed by atoms with Crippen molar-refractivity contribution in [1.29, 1.82) is 0 Å². The number of hydrogen-bond donors (Lipinski definition) is 0. The Morgan fingerprint density at radius 1 is 1.00 bits per heavy atom. The Kier molecular flexibility index (Phi) is 9.52. The van der Waals surface area contributed by atoms with Crippen molar-refractivity contribution in [3.8, 4) is 11.5 Å². The maximum atomic E-state index is 11.3. The number of nitrogens with zero attached hydrogens (tertiary/aromatic N) is 1. The normalized spacial score (nSPS) is 11.4. The molecular formula is C16H27NO8Si. The SMILES string of the molecule is COc1cc(COCCCC[Si](OC)(OC)OC)c([N+](=O)[O-])c(OC)c1. The van der Waals surface area contributed by atoms with E-state index in [1.807, 2.05) is 0 Å². The lowest BCUT2D eigenvalue weighted by atomic mass is 10.1. The molecule has 9 nitrogen and oxygen atoms in total. The largest absolute Gasteiger partial charge is 0.500 e. The molecule has 0 aliphatic rings. The number of benzene rings is 1. The summed E-state index contributed by atoms with van der Waals surface area (Å²) in [4.78, 5) is 10.9. The predicted octanol–water partition coefficient (Wildman–Crippen LogP) is 2.79. The maximum absolute atomic E-state index is 11.3. The fraction of sp³-hybridized carbons (Fsp3) is 0.625. The molecule has 1 aromatic rings. The summed E-state index contributed by atoms with van der Waals surface area (Å²) < 4.78 is 31.9. The van der Waals surface area contributed by atoms with E-state index in [-0.39, 0.29) is 18.0 Å². The summed E-state index contributed by atoms with van der Waals surface area (Å²) in [5.74, 6) is 0.617. The van der Waals surface area contributed by atoms with E-state index >= 15 is 0 Å². The van der Waals surface area contributed by atoms with Gasteiger partial charge in [-0.2, -0.15) is 0 Å². The number of methoxy groups -OCH3 is 2. The van der Waals surface area contributed by atoms with Gasteiger partial charge in [-0.05, 0) is 18.9 Å². The molecule has 0 saturated carbocycles.